The molecule has 2 atom stereocenters. The summed E-state index contributed by atoms with van der Waals surface area (Å²) in [4.78, 5) is 26.5. The molecule has 0 aromatic heterocycles. The van der Waals surface area contributed by atoms with E-state index in [2.05, 4.69) is 10.2 Å². The molecule has 4 rings (SSSR count). The largest absolute Gasteiger partial charge is 0.294 e. The van der Waals surface area contributed by atoms with Crippen LogP contribution < -0.4 is 0 Å². The molecule has 4 nitrogen and oxygen atoms in total. The van der Waals surface area contributed by atoms with Crippen LogP contribution in [-0.4, -0.2) is 18.1 Å². The first kappa shape index (κ1) is 14.7. The lowest BCUT2D eigenvalue weighted by molar-refractivity contribution is -0.129. The van der Waals surface area contributed by atoms with E-state index in [-0.39, 0.29) is 18.1 Å². The number of benzene rings is 2. The Kier molecular flexibility index (Phi) is 3.27. The summed E-state index contributed by atoms with van der Waals surface area (Å²) < 4.78 is 0. The maximum Gasteiger partial charge on any atom is 0.198 e. The van der Waals surface area contributed by atoms with Crippen molar-refractivity contribution in [3.63, 3.8) is 0 Å². The van der Waals surface area contributed by atoms with Crippen LogP contribution >= 0.6 is 0 Å². The van der Waals surface area contributed by atoms with Gasteiger partial charge in [0, 0.05) is 11.1 Å². The molecule has 0 N–H and O–H groups in total. The van der Waals surface area contributed by atoms with E-state index in [4.69, 9.17) is 0 Å². The molecule has 0 bridgehead atoms. The zero-order chi connectivity index (χ0) is 16.7. The summed E-state index contributed by atoms with van der Waals surface area (Å²) in [5.41, 5.74) is 1.24. The minimum Gasteiger partial charge on any atom is -0.294 e. The predicted octanol–water partition coefficient (Wildman–Crippen LogP) is 3.59. The second kappa shape index (κ2) is 5.34. The van der Waals surface area contributed by atoms with Gasteiger partial charge < -0.3 is 0 Å². The van der Waals surface area contributed by atoms with Crippen LogP contribution in [0.1, 0.15) is 18.1 Å². The average Bonchev–Trinajstić information content (AvgIpc) is 3.08. The van der Waals surface area contributed by atoms with Crippen molar-refractivity contribution in [2.75, 3.05) is 6.54 Å². The average molecular weight is 316 g/mol. The number of Topliss-reactive ketones (excluding diaryl/α,β-unsaturated/α-hetero) is 2. The molecule has 0 fully saturated rings. The van der Waals surface area contributed by atoms with Gasteiger partial charge in [-0.25, -0.2) is 0 Å². The van der Waals surface area contributed by atoms with E-state index in [9.17, 15) is 9.59 Å². The molecule has 0 spiro atoms. The normalized spacial score (nSPS) is 26.0. The number of fused-ring (bicyclic) bond motifs is 1. The molecular weight excluding hydrogens is 300 g/mol. The smallest absolute Gasteiger partial charge is 0.198 e. The van der Waals surface area contributed by atoms with Gasteiger partial charge in [0.25, 0.3) is 0 Å². The Morgan fingerprint density at radius 3 is 2.25 bits per heavy atom. The van der Waals surface area contributed by atoms with Gasteiger partial charge in [-0.1, -0.05) is 60.7 Å². The van der Waals surface area contributed by atoms with E-state index in [0.29, 0.717) is 11.1 Å². The summed E-state index contributed by atoms with van der Waals surface area (Å²) in [7, 11) is 0. The first-order valence-corrected chi connectivity index (χ1v) is 7.96. The van der Waals surface area contributed by atoms with Crippen LogP contribution in [0.2, 0.25) is 0 Å². The third-order valence-electron chi connectivity index (χ3n) is 4.91. The highest BCUT2D eigenvalue weighted by atomic mass is 16.1. The Hall–Kier alpha value is -2.88. The molecule has 2 aromatic carbocycles. The number of azo groups is 1. The van der Waals surface area contributed by atoms with Crippen LogP contribution in [0.4, 0.5) is 0 Å². The summed E-state index contributed by atoms with van der Waals surface area (Å²) in [6, 6.07) is 18.6. The van der Waals surface area contributed by atoms with Gasteiger partial charge in [0.15, 0.2) is 17.1 Å². The van der Waals surface area contributed by atoms with Gasteiger partial charge in [-0.15, -0.1) is 0 Å². The topological polar surface area (TPSA) is 58.9 Å². The predicted molar refractivity (Wildman–Crippen MR) is 90.4 cm³/mol. The van der Waals surface area contributed by atoms with Crippen molar-refractivity contribution in [3.8, 4) is 0 Å². The number of hydrogen-bond donors (Lipinski definition) is 0. The van der Waals surface area contributed by atoms with Crippen molar-refractivity contribution >= 4 is 17.1 Å². The van der Waals surface area contributed by atoms with Crippen molar-refractivity contribution in [2.24, 2.45) is 16.1 Å². The third-order valence-corrected chi connectivity index (χ3v) is 4.91. The van der Waals surface area contributed by atoms with Gasteiger partial charge in [0.1, 0.15) is 0 Å². The maximum atomic E-state index is 13.5. The Morgan fingerprint density at radius 1 is 0.958 bits per heavy atom. The summed E-state index contributed by atoms with van der Waals surface area (Å²) >= 11 is 0. The minimum absolute atomic E-state index is 0.0395. The Bertz CT molecular complexity index is 884. The lowest BCUT2D eigenvalue weighted by Gasteiger charge is -2.35. The first-order valence-electron chi connectivity index (χ1n) is 7.96. The number of allylic oxidation sites excluding steroid dienone is 1. The summed E-state index contributed by atoms with van der Waals surface area (Å²) in [6.07, 6.45) is 0. The molecule has 0 saturated heterocycles. The molecule has 2 aromatic rings. The zero-order valence-electron chi connectivity index (χ0n) is 13.3. The van der Waals surface area contributed by atoms with E-state index in [1.807, 2.05) is 60.7 Å². The molecule has 118 valence electrons. The molecule has 4 heteroatoms. The standard InChI is InChI=1S/C20H16N2O2/c1-13-17(14-8-4-2-5-9-14)19(24)20(15-10-6-3-7-11-15)16(18(13)23)12-21-22-20/h2-11,16H,12H2,1H3. The number of hydrogen-bond acceptors (Lipinski definition) is 4. The SMILES string of the molecule is CC1=C(c2ccccc2)C(=O)C2(c3ccccc3)N=NCC2C1=O. The quantitative estimate of drug-likeness (QED) is 0.850. The van der Waals surface area contributed by atoms with Crippen LogP contribution in [0.3, 0.4) is 0 Å². The van der Waals surface area contributed by atoms with E-state index in [1.165, 1.54) is 0 Å². The summed E-state index contributed by atoms with van der Waals surface area (Å²) in [5.74, 6) is -0.717. The number of rotatable bonds is 2. The Morgan fingerprint density at radius 2 is 1.58 bits per heavy atom. The fourth-order valence-corrected chi connectivity index (χ4v) is 3.69. The fraction of sp³-hybridized carbons (Fsp3) is 0.200. The van der Waals surface area contributed by atoms with Crippen molar-refractivity contribution in [3.05, 3.63) is 77.4 Å². The maximum absolute atomic E-state index is 13.5. The van der Waals surface area contributed by atoms with Gasteiger partial charge in [0.05, 0.1) is 12.5 Å². The van der Waals surface area contributed by atoms with Gasteiger partial charge >= 0.3 is 0 Å². The monoisotopic (exact) mass is 316 g/mol. The number of nitrogens with zero attached hydrogens (tertiary/aromatic N) is 2. The van der Waals surface area contributed by atoms with Gasteiger partial charge in [-0.3, -0.25) is 9.59 Å². The number of carbonyl (C=O) groups excluding carboxylic acids is 2. The van der Waals surface area contributed by atoms with Gasteiger partial charge in [-0.05, 0) is 18.1 Å². The lowest BCUT2D eigenvalue weighted by atomic mass is 9.65. The molecule has 0 amide bonds. The molecule has 2 unspecified atom stereocenters. The zero-order valence-corrected chi connectivity index (χ0v) is 13.3. The van der Waals surface area contributed by atoms with E-state index in [1.54, 1.807) is 6.92 Å². The van der Waals surface area contributed by atoms with Crippen molar-refractivity contribution < 1.29 is 9.59 Å². The van der Waals surface area contributed by atoms with Crippen molar-refractivity contribution in [2.45, 2.75) is 12.5 Å². The van der Waals surface area contributed by atoms with E-state index in [0.717, 1.165) is 11.1 Å². The van der Waals surface area contributed by atoms with Gasteiger partial charge in [-0.2, -0.15) is 10.2 Å². The molecule has 0 radical (unpaired) electrons. The summed E-state index contributed by atoms with van der Waals surface area (Å²) in [6.45, 7) is 1.99. The van der Waals surface area contributed by atoms with Gasteiger partial charge in [0.2, 0.25) is 0 Å². The van der Waals surface area contributed by atoms with Crippen LogP contribution in [0.15, 0.2) is 76.5 Å². The van der Waals surface area contributed by atoms with Crippen LogP contribution in [0, 0.1) is 5.92 Å². The molecular formula is C20H16N2O2. The highest BCUT2D eigenvalue weighted by Crippen LogP contribution is 2.48. The highest BCUT2D eigenvalue weighted by molar-refractivity contribution is 6.34. The van der Waals surface area contributed by atoms with Crippen molar-refractivity contribution in [1.82, 2.24) is 0 Å². The molecule has 0 saturated carbocycles. The molecule has 1 aliphatic carbocycles. The highest BCUT2D eigenvalue weighted by Gasteiger charge is 2.58. The lowest BCUT2D eigenvalue weighted by Crippen LogP contribution is -2.48. The number of carbonyl (C=O) groups is 2. The first-order chi connectivity index (χ1) is 11.7. The minimum atomic E-state index is -1.22. The van der Waals surface area contributed by atoms with Crippen LogP contribution in [0.25, 0.3) is 5.57 Å². The van der Waals surface area contributed by atoms with Crippen LogP contribution in [-0.2, 0) is 15.1 Å². The van der Waals surface area contributed by atoms with E-state index < -0.39 is 11.5 Å². The molecule has 24 heavy (non-hydrogen) atoms. The van der Waals surface area contributed by atoms with Crippen LogP contribution in [0.5, 0.6) is 0 Å². The number of ketones is 2. The fourth-order valence-electron chi connectivity index (χ4n) is 3.69. The Labute approximate surface area is 139 Å². The second-order valence-corrected chi connectivity index (χ2v) is 6.17. The Balaban J connectivity index is 1.97. The molecule has 2 aliphatic rings. The molecule has 1 aliphatic heterocycles. The third kappa shape index (κ3) is 1.86. The van der Waals surface area contributed by atoms with Crippen molar-refractivity contribution in [1.29, 1.82) is 0 Å². The van der Waals surface area contributed by atoms with E-state index >= 15 is 0 Å². The second-order valence-electron chi connectivity index (χ2n) is 6.17. The summed E-state index contributed by atoms with van der Waals surface area (Å²) in [5, 5.41) is 8.42. The molecule has 1 heterocycles.